The third-order valence-electron chi connectivity index (χ3n) is 6.42. The summed E-state index contributed by atoms with van der Waals surface area (Å²) >= 11 is 0. The maximum Gasteiger partial charge on any atom is 0.193 e. The Hall–Kier alpha value is -1.87. The Balaban J connectivity index is 1.26. The molecule has 0 saturated carbocycles. The highest BCUT2D eigenvalue weighted by molar-refractivity contribution is 5.80. The second-order valence-electron chi connectivity index (χ2n) is 8.35. The zero-order chi connectivity index (χ0) is 21.3. The number of ether oxygens (including phenoxy) is 3. The fraction of sp³-hybridized carbons (Fsp3) is 0.696. The molecule has 0 aliphatic carbocycles. The first kappa shape index (κ1) is 22.3. The molecule has 4 rings (SSSR count). The molecule has 3 fully saturated rings. The Labute approximate surface area is 186 Å². The number of likely N-dealkylation sites (tertiary alicyclic amines) is 1. The maximum atomic E-state index is 6.13. The number of aliphatic imine (C=N–C) groups is 1. The molecule has 3 aliphatic rings. The first-order valence-electron chi connectivity index (χ1n) is 11.6. The summed E-state index contributed by atoms with van der Waals surface area (Å²) in [7, 11) is 1.87. The molecule has 3 heterocycles. The van der Waals surface area contributed by atoms with Crippen molar-refractivity contribution in [1.82, 2.24) is 20.0 Å². The zero-order valence-electron chi connectivity index (χ0n) is 18.8. The van der Waals surface area contributed by atoms with Crippen LogP contribution in [0, 0.1) is 0 Å². The number of hydrogen-bond acceptors (Lipinski definition) is 6. The van der Waals surface area contributed by atoms with Crippen LogP contribution in [-0.4, -0.2) is 113 Å². The zero-order valence-corrected chi connectivity index (χ0v) is 18.8. The van der Waals surface area contributed by atoms with Gasteiger partial charge in [0.1, 0.15) is 12.4 Å². The van der Waals surface area contributed by atoms with Crippen LogP contribution in [0.25, 0.3) is 0 Å². The standard InChI is InChI=1S/C23H37N5O3/c1-24-23(28-7-6-21(19-28)27-11-15-30-16-12-27)25-18-20-4-2-3-5-22(20)31-17-10-26-8-13-29-14-9-26/h2-5,21H,6-19H2,1H3,(H,24,25). The van der Waals surface area contributed by atoms with Crippen molar-refractivity contribution in [3.8, 4) is 5.75 Å². The van der Waals surface area contributed by atoms with Crippen LogP contribution in [0.4, 0.5) is 0 Å². The van der Waals surface area contributed by atoms with Crippen molar-refractivity contribution in [1.29, 1.82) is 0 Å². The number of hydrogen-bond donors (Lipinski definition) is 1. The van der Waals surface area contributed by atoms with E-state index < -0.39 is 0 Å². The molecule has 1 aromatic rings. The van der Waals surface area contributed by atoms with Crippen LogP contribution in [0.1, 0.15) is 12.0 Å². The van der Waals surface area contributed by atoms with E-state index in [1.807, 2.05) is 13.1 Å². The second kappa shape index (κ2) is 11.7. The van der Waals surface area contributed by atoms with E-state index in [1.54, 1.807) is 0 Å². The number of rotatable bonds is 7. The maximum absolute atomic E-state index is 6.13. The fourth-order valence-corrected chi connectivity index (χ4v) is 4.58. The van der Waals surface area contributed by atoms with Crippen LogP contribution in [-0.2, 0) is 16.0 Å². The molecule has 1 atom stereocenters. The van der Waals surface area contributed by atoms with Crippen LogP contribution < -0.4 is 10.1 Å². The highest BCUT2D eigenvalue weighted by atomic mass is 16.5. The molecule has 0 radical (unpaired) electrons. The minimum atomic E-state index is 0.596. The first-order valence-corrected chi connectivity index (χ1v) is 11.6. The van der Waals surface area contributed by atoms with Gasteiger partial charge in [-0.1, -0.05) is 18.2 Å². The summed E-state index contributed by atoms with van der Waals surface area (Å²) in [6.07, 6.45) is 1.18. The quantitative estimate of drug-likeness (QED) is 0.508. The van der Waals surface area contributed by atoms with Crippen LogP contribution in [0.15, 0.2) is 29.3 Å². The lowest BCUT2D eigenvalue weighted by Gasteiger charge is -2.32. The van der Waals surface area contributed by atoms with Crippen molar-refractivity contribution >= 4 is 5.96 Å². The summed E-state index contributed by atoms with van der Waals surface area (Å²) in [5.74, 6) is 1.92. The summed E-state index contributed by atoms with van der Waals surface area (Å²) in [5.41, 5.74) is 1.16. The van der Waals surface area contributed by atoms with Gasteiger partial charge < -0.3 is 24.4 Å². The predicted molar refractivity (Wildman–Crippen MR) is 122 cm³/mol. The normalized spacial score (nSPS) is 23.8. The summed E-state index contributed by atoms with van der Waals surface area (Å²) in [6.45, 7) is 11.8. The number of benzene rings is 1. The molecule has 1 unspecified atom stereocenters. The summed E-state index contributed by atoms with van der Waals surface area (Å²) in [4.78, 5) is 11.9. The second-order valence-corrected chi connectivity index (χ2v) is 8.35. The molecule has 0 aromatic heterocycles. The molecular weight excluding hydrogens is 394 g/mol. The number of morpholine rings is 2. The van der Waals surface area contributed by atoms with Gasteiger partial charge in [0.05, 0.1) is 26.4 Å². The molecule has 0 amide bonds. The first-order chi connectivity index (χ1) is 15.3. The van der Waals surface area contributed by atoms with Gasteiger partial charge in [-0.3, -0.25) is 14.8 Å². The van der Waals surface area contributed by atoms with Gasteiger partial charge >= 0.3 is 0 Å². The number of nitrogens with zero attached hydrogens (tertiary/aromatic N) is 4. The average Bonchev–Trinajstić information content (AvgIpc) is 3.32. The Morgan fingerprint density at radius 1 is 1.06 bits per heavy atom. The molecule has 0 spiro atoms. The van der Waals surface area contributed by atoms with E-state index in [-0.39, 0.29) is 0 Å². The predicted octanol–water partition coefficient (Wildman–Crippen LogP) is 0.880. The van der Waals surface area contributed by atoms with Crippen LogP contribution in [0.2, 0.25) is 0 Å². The summed E-state index contributed by atoms with van der Waals surface area (Å²) < 4.78 is 17.1. The third-order valence-corrected chi connectivity index (χ3v) is 6.42. The van der Waals surface area contributed by atoms with E-state index in [2.05, 4.69) is 43.2 Å². The third kappa shape index (κ3) is 6.32. The molecule has 31 heavy (non-hydrogen) atoms. The Bertz CT molecular complexity index is 704. The van der Waals surface area contributed by atoms with Crippen molar-refractivity contribution in [3.63, 3.8) is 0 Å². The van der Waals surface area contributed by atoms with E-state index >= 15 is 0 Å². The van der Waals surface area contributed by atoms with Crippen molar-refractivity contribution in [3.05, 3.63) is 29.8 Å². The van der Waals surface area contributed by atoms with Gasteiger partial charge in [-0.2, -0.15) is 0 Å². The van der Waals surface area contributed by atoms with Gasteiger partial charge in [0.25, 0.3) is 0 Å². The van der Waals surface area contributed by atoms with Crippen molar-refractivity contribution in [2.24, 2.45) is 4.99 Å². The molecule has 8 heteroatoms. The van der Waals surface area contributed by atoms with Gasteiger partial charge in [-0.15, -0.1) is 0 Å². The van der Waals surface area contributed by atoms with Crippen LogP contribution >= 0.6 is 0 Å². The largest absolute Gasteiger partial charge is 0.492 e. The van der Waals surface area contributed by atoms with Gasteiger partial charge in [0.2, 0.25) is 0 Å². The van der Waals surface area contributed by atoms with Crippen molar-refractivity contribution in [2.75, 3.05) is 85.9 Å². The van der Waals surface area contributed by atoms with E-state index in [0.29, 0.717) is 19.2 Å². The van der Waals surface area contributed by atoms with E-state index in [9.17, 15) is 0 Å². The molecule has 3 aliphatic heterocycles. The molecule has 0 bridgehead atoms. The Morgan fingerprint density at radius 2 is 1.81 bits per heavy atom. The fourth-order valence-electron chi connectivity index (χ4n) is 4.58. The number of nitrogens with one attached hydrogen (secondary N) is 1. The van der Waals surface area contributed by atoms with E-state index in [0.717, 1.165) is 89.5 Å². The van der Waals surface area contributed by atoms with Gasteiger partial charge in [0, 0.05) is 71.0 Å². The van der Waals surface area contributed by atoms with E-state index in [4.69, 9.17) is 14.2 Å². The lowest BCUT2D eigenvalue weighted by molar-refractivity contribution is 0.0195. The summed E-state index contributed by atoms with van der Waals surface area (Å²) in [5, 5.41) is 3.56. The lowest BCUT2D eigenvalue weighted by atomic mass is 10.2. The highest BCUT2D eigenvalue weighted by Gasteiger charge is 2.30. The monoisotopic (exact) mass is 431 g/mol. The Morgan fingerprint density at radius 3 is 2.58 bits per heavy atom. The Kier molecular flexibility index (Phi) is 8.40. The molecule has 1 aromatic carbocycles. The van der Waals surface area contributed by atoms with Crippen molar-refractivity contribution in [2.45, 2.75) is 19.0 Å². The van der Waals surface area contributed by atoms with Gasteiger partial charge in [0.15, 0.2) is 5.96 Å². The lowest BCUT2D eigenvalue weighted by Crippen LogP contribution is -2.46. The smallest absolute Gasteiger partial charge is 0.193 e. The molecule has 172 valence electrons. The highest BCUT2D eigenvalue weighted by Crippen LogP contribution is 2.20. The van der Waals surface area contributed by atoms with Crippen molar-refractivity contribution < 1.29 is 14.2 Å². The SMILES string of the molecule is CN=C(NCc1ccccc1OCCN1CCOCC1)N1CCC(N2CCOCC2)C1. The molecule has 1 N–H and O–H groups in total. The number of guanidine groups is 1. The van der Waals surface area contributed by atoms with Gasteiger partial charge in [-0.05, 0) is 12.5 Å². The minimum absolute atomic E-state index is 0.596. The summed E-state index contributed by atoms with van der Waals surface area (Å²) in [6, 6.07) is 8.89. The topological polar surface area (TPSA) is 61.8 Å². The molecular formula is C23H37N5O3. The van der Waals surface area contributed by atoms with Crippen LogP contribution in [0.5, 0.6) is 5.75 Å². The number of para-hydroxylation sites is 1. The average molecular weight is 432 g/mol. The molecule has 3 saturated heterocycles. The van der Waals surface area contributed by atoms with Crippen LogP contribution in [0.3, 0.4) is 0 Å². The molecule has 8 nitrogen and oxygen atoms in total. The van der Waals surface area contributed by atoms with E-state index in [1.165, 1.54) is 6.42 Å². The van der Waals surface area contributed by atoms with Gasteiger partial charge in [-0.25, -0.2) is 0 Å². The minimum Gasteiger partial charge on any atom is -0.492 e.